The normalized spacial score (nSPS) is 10.8. The number of rotatable bonds is 3. The summed E-state index contributed by atoms with van der Waals surface area (Å²) in [7, 11) is 0. The number of aromatic nitrogens is 3. The molecular weight excluding hydrogens is 330 g/mol. The number of hydrogen-bond donors (Lipinski definition) is 4. The maximum atomic E-state index is 12.4. The monoisotopic (exact) mass is 345 g/mol. The smallest absolute Gasteiger partial charge is 0.256 e. The van der Waals surface area contributed by atoms with Crippen LogP contribution in [0.1, 0.15) is 10.4 Å². The van der Waals surface area contributed by atoms with Gasteiger partial charge in [-0.05, 0) is 48.5 Å². The summed E-state index contributed by atoms with van der Waals surface area (Å²) in [6, 6.07) is 15.4. The fourth-order valence-electron chi connectivity index (χ4n) is 2.60. The summed E-state index contributed by atoms with van der Waals surface area (Å²) in [5, 5.41) is 12.5. The Morgan fingerprint density at radius 2 is 2.00 bits per heavy atom. The summed E-state index contributed by atoms with van der Waals surface area (Å²) in [6.45, 7) is 0. The maximum Gasteiger partial charge on any atom is 0.256 e. The molecule has 7 nitrogen and oxygen atoms in total. The van der Waals surface area contributed by atoms with Crippen molar-refractivity contribution in [2.45, 2.75) is 0 Å². The van der Waals surface area contributed by atoms with Gasteiger partial charge in [-0.3, -0.25) is 4.79 Å². The number of nitrogens with two attached hydrogens (primary N) is 1. The number of hydrogen-bond acceptors (Lipinski definition) is 5. The number of fused-ring (bicyclic) bond motifs is 1. The number of nitrogen functional groups attached to an aromatic ring is 1. The SMILES string of the molecule is Nc1ccc(-c2nc3ccc(C(=O)Nc4ccccn4)cc3[nH]2)cc1O. The summed E-state index contributed by atoms with van der Waals surface area (Å²) < 4.78 is 0. The van der Waals surface area contributed by atoms with E-state index in [-0.39, 0.29) is 11.7 Å². The Bertz CT molecular complexity index is 1110. The van der Waals surface area contributed by atoms with Gasteiger partial charge in [0, 0.05) is 17.3 Å². The lowest BCUT2D eigenvalue weighted by molar-refractivity contribution is 0.102. The van der Waals surface area contributed by atoms with Gasteiger partial charge >= 0.3 is 0 Å². The van der Waals surface area contributed by atoms with Crippen molar-refractivity contribution in [3.63, 3.8) is 0 Å². The van der Waals surface area contributed by atoms with Crippen molar-refractivity contribution in [1.82, 2.24) is 15.0 Å². The van der Waals surface area contributed by atoms with Crippen LogP contribution in [-0.4, -0.2) is 26.0 Å². The molecule has 2 aromatic carbocycles. The predicted molar refractivity (Wildman–Crippen MR) is 99.8 cm³/mol. The number of nitrogens with zero attached hydrogens (tertiary/aromatic N) is 2. The molecule has 0 spiro atoms. The van der Waals surface area contributed by atoms with E-state index in [0.717, 1.165) is 0 Å². The van der Waals surface area contributed by atoms with Crippen LogP contribution in [0.15, 0.2) is 60.8 Å². The number of amides is 1. The van der Waals surface area contributed by atoms with Crippen LogP contribution >= 0.6 is 0 Å². The highest BCUT2D eigenvalue weighted by molar-refractivity contribution is 6.05. The first-order chi connectivity index (χ1) is 12.6. The lowest BCUT2D eigenvalue weighted by Crippen LogP contribution is -2.12. The minimum absolute atomic E-state index is 0.00150. The van der Waals surface area contributed by atoms with Crippen LogP contribution in [0.5, 0.6) is 5.75 Å². The molecule has 0 saturated carbocycles. The summed E-state index contributed by atoms with van der Waals surface area (Å²) in [5.74, 6) is 0.808. The molecule has 0 unspecified atom stereocenters. The predicted octanol–water partition coefficient (Wildman–Crippen LogP) is 3.17. The highest BCUT2D eigenvalue weighted by Crippen LogP contribution is 2.28. The number of nitrogens with one attached hydrogen (secondary N) is 2. The van der Waals surface area contributed by atoms with E-state index in [0.29, 0.717) is 39.5 Å². The second-order valence-electron chi connectivity index (χ2n) is 5.76. The van der Waals surface area contributed by atoms with Crippen molar-refractivity contribution in [3.8, 4) is 17.1 Å². The molecule has 4 aromatic rings. The molecule has 0 atom stereocenters. The summed E-state index contributed by atoms with van der Waals surface area (Å²) in [4.78, 5) is 24.1. The van der Waals surface area contributed by atoms with E-state index < -0.39 is 0 Å². The largest absolute Gasteiger partial charge is 0.506 e. The number of phenols is 1. The van der Waals surface area contributed by atoms with Gasteiger partial charge in [0.25, 0.3) is 5.91 Å². The number of benzene rings is 2. The Labute approximate surface area is 148 Å². The van der Waals surface area contributed by atoms with E-state index in [9.17, 15) is 9.90 Å². The lowest BCUT2D eigenvalue weighted by Gasteiger charge is -2.03. The quantitative estimate of drug-likeness (QED) is 0.336. The van der Waals surface area contributed by atoms with E-state index in [1.165, 1.54) is 0 Å². The highest BCUT2D eigenvalue weighted by atomic mass is 16.3. The summed E-state index contributed by atoms with van der Waals surface area (Å²) in [6.07, 6.45) is 1.61. The summed E-state index contributed by atoms with van der Waals surface area (Å²) in [5.41, 5.74) is 8.54. The van der Waals surface area contributed by atoms with E-state index in [4.69, 9.17) is 5.73 Å². The number of carbonyl (C=O) groups excluding carboxylic acids is 1. The standard InChI is InChI=1S/C19H15N5O2/c20-13-6-4-11(10-16(13)25)18-22-14-7-5-12(9-15(14)23-18)19(26)24-17-3-1-2-8-21-17/h1-10,25H,20H2,(H,22,23)(H,21,24,26). The Hall–Kier alpha value is -3.87. The topological polar surface area (TPSA) is 117 Å². The van der Waals surface area contributed by atoms with Gasteiger partial charge in [-0.15, -0.1) is 0 Å². The third-order valence-electron chi connectivity index (χ3n) is 3.95. The van der Waals surface area contributed by atoms with Crippen LogP contribution in [0.25, 0.3) is 22.4 Å². The molecule has 0 radical (unpaired) electrons. The molecule has 128 valence electrons. The average Bonchev–Trinajstić information content (AvgIpc) is 3.08. The number of H-pyrrole nitrogens is 1. The van der Waals surface area contributed by atoms with Crippen LogP contribution in [0.4, 0.5) is 11.5 Å². The zero-order valence-corrected chi connectivity index (χ0v) is 13.6. The van der Waals surface area contributed by atoms with Gasteiger partial charge in [-0.25, -0.2) is 9.97 Å². The molecule has 0 saturated heterocycles. The Kier molecular flexibility index (Phi) is 3.74. The fraction of sp³-hybridized carbons (Fsp3) is 0. The number of carbonyl (C=O) groups is 1. The first-order valence-electron chi connectivity index (χ1n) is 7.91. The number of imidazole rings is 1. The fourth-order valence-corrected chi connectivity index (χ4v) is 2.60. The first kappa shape index (κ1) is 15.6. The van der Waals surface area contributed by atoms with Gasteiger partial charge in [0.15, 0.2) is 0 Å². The molecule has 5 N–H and O–H groups in total. The molecule has 26 heavy (non-hydrogen) atoms. The summed E-state index contributed by atoms with van der Waals surface area (Å²) >= 11 is 0. The van der Waals surface area contributed by atoms with Gasteiger partial charge in [-0.1, -0.05) is 6.07 Å². The van der Waals surface area contributed by atoms with Gasteiger partial charge < -0.3 is 21.1 Å². The minimum atomic E-state index is -0.258. The van der Waals surface area contributed by atoms with Crippen molar-refractivity contribution in [2.24, 2.45) is 0 Å². The molecule has 2 aromatic heterocycles. The van der Waals surface area contributed by atoms with Crippen molar-refractivity contribution < 1.29 is 9.90 Å². The van der Waals surface area contributed by atoms with Crippen molar-refractivity contribution in [3.05, 3.63) is 66.4 Å². The number of anilines is 2. The Balaban J connectivity index is 1.65. The number of aromatic amines is 1. The van der Waals surface area contributed by atoms with Crippen molar-refractivity contribution in [1.29, 1.82) is 0 Å². The van der Waals surface area contributed by atoms with Crippen LogP contribution in [-0.2, 0) is 0 Å². The zero-order chi connectivity index (χ0) is 18.1. The molecule has 1 amide bonds. The minimum Gasteiger partial charge on any atom is -0.506 e. The molecule has 0 aliphatic rings. The second-order valence-corrected chi connectivity index (χ2v) is 5.76. The Morgan fingerprint density at radius 1 is 1.12 bits per heavy atom. The molecule has 0 aliphatic carbocycles. The third kappa shape index (κ3) is 2.93. The molecule has 2 heterocycles. The maximum absolute atomic E-state index is 12.4. The van der Waals surface area contributed by atoms with Gasteiger partial charge in [0.05, 0.1) is 16.7 Å². The van der Waals surface area contributed by atoms with Crippen LogP contribution < -0.4 is 11.1 Å². The molecule has 4 rings (SSSR count). The third-order valence-corrected chi connectivity index (χ3v) is 3.95. The van der Waals surface area contributed by atoms with E-state index in [2.05, 4.69) is 20.3 Å². The lowest BCUT2D eigenvalue weighted by atomic mass is 10.2. The van der Waals surface area contributed by atoms with Gasteiger partial charge in [0.1, 0.15) is 17.4 Å². The molecule has 7 heteroatoms. The van der Waals surface area contributed by atoms with Gasteiger partial charge in [-0.2, -0.15) is 0 Å². The van der Waals surface area contributed by atoms with E-state index in [1.807, 2.05) is 0 Å². The van der Waals surface area contributed by atoms with E-state index in [1.54, 1.807) is 60.8 Å². The second kappa shape index (κ2) is 6.21. The van der Waals surface area contributed by atoms with Crippen LogP contribution in [0.3, 0.4) is 0 Å². The van der Waals surface area contributed by atoms with Crippen LogP contribution in [0.2, 0.25) is 0 Å². The highest BCUT2D eigenvalue weighted by Gasteiger charge is 2.11. The molecule has 0 aliphatic heterocycles. The zero-order valence-electron chi connectivity index (χ0n) is 13.6. The molecule has 0 bridgehead atoms. The molecule has 0 fully saturated rings. The van der Waals surface area contributed by atoms with Gasteiger partial charge in [0.2, 0.25) is 0 Å². The van der Waals surface area contributed by atoms with Crippen LogP contribution in [0, 0.1) is 0 Å². The average molecular weight is 345 g/mol. The number of pyridine rings is 1. The Morgan fingerprint density at radius 3 is 2.77 bits per heavy atom. The van der Waals surface area contributed by atoms with Crippen molar-refractivity contribution in [2.75, 3.05) is 11.1 Å². The van der Waals surface area contributed by atoms with Crippen molar-refractivity contribution >= 4 is 28.4 Å². The first-order valence-corrected chi connectivity index (χ1v) is 7.91. The van der Waals surface area contributed by atoms with E-state index >= 15 is 0 Å². The molecular formula is C19H15N5O2. The number of aromatic hydroxyl groups is 1. The number of phenolic OH excluding ortho intramolecular Hbond substituents is 1.